The SMILES string of the molecule is CC(=O)c1cc(Cl)ccc1CBr. The van der Waals surface area contributed by atoms with E-state index in [0.717, 1.165) is 5.56 Å². The van der Waals surface area contributed by atoms with Crippen LogP contribution in [0.2, 0.25) is 5.02 Å². The zero-order valence-corrected chi connectivity index (χ0v) is 8.95. The Morgan fingerprint density at radius 1 is 1.58 bits per heavy atom. The second-order valence-electron chi connectivity index (χ2n) is 2.49. The van der Waals surface area contributed by atoms with Crippen molar-refractivity contribution >= 4 is 33.3 Å². The largest absolute Gasteiger partial charge is 0.294 e. The number of ketones is 1. The molecule has 0 saturated heterocycles. The molecular formula is C9H8BrClO. The third kappa shape index (κ3) is 2.08. The summed E-state index contributed by atoms with van der Waals surface area (Å²) in [6, 6.07) is 5.33. The molecule has 0 bridgehead atoms. The van der Waals surface area contributed by atoms with Crippen LogP contribution in [-0.4, -0.2) is 5.78 Å². The highest BCUT2D eigenvalue weighted by molar-refractivity contribution is 9.08. The maximum Gasteiger partial charge on any atom is 0.160 e. The number of halogens is 2. The van der Waals surface area contributed by atoms with E-state index in [4.69, 9.17) is 11.6 Å². The Labute approximate surface area is 84.9 Å². The highest BCUT2D eigenvalue weighted by atomic mass is 79.9. The molecule has 0 atom stereocenters. The highest BCUT2D eigenvalue weighted by Gasteiger charge is 2.05. The molecular weight excluding hydrogens is 239 g/mol. The van der Waals surface area contributed by atoms with Gasteiger partial charge >= 0.3 is 0 Å². The summed E-state index contributed by atoms with van der Waals surface area (Å²) in [5, 5.41) is 1.28. The molecule has 64 valence electrons. The van der Waals surface area contributed by atoms with Crippen LogP contribution in [0, 0.1) is 0 Å². The van der Waals surface area contributed by atoms with Crippen molar-refractivity contribution in [2.75, 3.05) is 0 Å². The van der Waals surface area contributed by atoms with Gasteiger partial charge in [-0.05, 0) is 24.6 Å². The second-order valence-corrected chi connectivity index (χ2v) is 3.49. The molecule has 1 aromatic rings. The molecule has 1 rings (SSSR count). The maximum absolute atomic E-state index is 11.1. The lowest BCUT2D eigenvalue weighted by Crippen LogP contribution is -1.97. The lowest BCUT2D eigenvalue weighted by molar-refractivity contribution is 0.101. The average molecular weight is 248 g/mol. The van der Waals surface area contributed by atoms with Crippen LogP contribution in [0.1, 0.15) is 22.8 Å². The van der Waals surface area contributed by atoms with Crippen LogP contribution in [0.15, 0.2) is 18.2 Å². The molecule has 0 aromatic heterocycles. The monoisotopic (exact) mass is 246 g/mol. The zero-order valence-electron chi connectivity index (χ0n) is 6.60. The summed E-state index contributed by atoms with van der Waals surface area (Å²) < 4.78 is 0. The molecule has 0 unspecified atom stereocenters. The van der Waals surface area contributed by atoms with Gasteiger partial charge in [-0.15, -0.1) is 0 Å². The minimum atomic E-state index is 0.0481. The summed E-state index contributed by atoms with van der Waals surface area (Å²) in [5.74, 6) is 0.0481. The Morgan fingerprint density at radius 3 is 2.75 bits per heavy atom. The lowest BCUT2D eigenvalue weighted by Gasteiger charge is -2.02. The molecule has 0 amide bonds. The molecule has 0 aliphatic carbocycles. The standard InChI is InChI=1S/C9H8BrClO/c1-6(12)9-4-8(11)3-2-7(9)5-10/h2-4H,5H2,1H3. The van der Waals surface area contributed by atoms with Crippen LogP contribution in [0.5, 0.6) is 0 Å². The van der Waals surface area contributed by atoms with Crippen LogP contribution in [0.3, 0.4) is 0 Å². The molecule has 1 nitrogen and oxygen atoms in total. The number of benzene rings is 1. The summed E-state index contributed by atoms with van der Waals surface area (Å²) in [7, 11) is 0. The molecule has 0 heterocycles. The van der Waals surface area contributed by atoms with E-state index in [2.05, 4.69) is 15.9 Å². The van der Waals surface area contributed by atoms with Gasteiger partial charge < -0.3 is 0 Å². The van der Waals surface area contributed by atoms with Gasteiger partial charge in [0, 0.05) is 15.9 Å². The van der Waals surface area contributed by atoms with E-state index >= 15 is 0 Å². The Bertz CT molecular complexity index is 309. The Hall–Kier alpha value is -0.340. The molecule has 0 spiro atoms. The molecule has 0 aliphatic heterocycles. The van der Waals surface area contributed by atoms with Crippen LogP contribution >= 0.6 is 27.5 Å². The number of hydrogen-bond donors (Lipinski definition) is 0. The van der Waals surface area contributed by atoms with Gasteiger partial charge in [-0.25, -0.2) is 0 Å². The van der Waals surface area contributed by atoms with E-state index in [0.29, 0.717) is 15.9 Å². The maximum atomic E-state index is 11.1. The molecule has 1 aromatic carbocycles. The van der Waals surface area contributed by atoms with Crippen molar-refractivity contribution in [3.63, 3.8) is 0 Å². The Balaban J connectivity index is 3.21. The van der Waals surface area contributed by atoms with Gasteiger partial charge in [-0.1, -0.05) is 33.6 Å². The first-order valence-electron chi connectivity index (χ1n) is 3.50. The number of Topliss-reactive ketones (excluding diaryl/α,β-unsaturated/α-hetero) is 1. The van der Waals surface area contributed by atoms with Crippen molar-refractivity contribution in [3.05, 3.63) is 34.3 Å². The third-order valence-electron chi connectivity index (χ3n) is 1.60. The molecule has 12 heavy (non-hydrogen) atoms. The van der Waals surface area contributed by atoms with Gasteiger partial charge in [0.2, 0.25) is 0 Å². The fraction of sp³-hybridized carbons (Fsp3) is 0.222. The average Bonchev–Trinajstić information content (AvgIpc) is 2.04. The summed E-state index contributed by atoms with van der Waals surface area (Å²) in [4.78, 5) is 11.1. The normalized spacial score (nSPS) is 9.92. The Morgan fingerprint density at radius 2 is 2.25 bits per heavy atom. The number of carbonyl (C=O) groups excluding carboxylic acids is 1. The van der Waals surface area contributed by atoms with E-state index in [1.807, 2.05) is 6.07 Å². The first-order chi connectivity index (χ1) is 5.65. The first kappa shape index (κ1) is 9.75. The fourth-order valence-corrected chi connectivity index (χ4v) is 1.65. The molecule has 0 radical (unpaired) electrons. The number of carbonyl (C=O) groups is 1. The summed E-state index contributed by atoms with van der Waals surface area (Å²) >= 11 is 9.06. The van der Waals surface area contributed by atoms with Crippen LogP contribution in [0.4, 0.5) is 0 Å². The smallest absolute Gasteiger partial charge is 0.160 e. The quantitative estimate of drug-likeness (QED) is 0.578. The van der Waals surface area contributed by atoms with Gasteiger partial charge in [0.05, 0.1) is 0 Å². The highest BCUT2D eigenvalue weighted by Crippen LogP contribution is 2.18. The van der Waals surface area contributed by atoms with Crippen LogP contribution in [-0.2, 0) is 5.33 Å². The van der Waals surface area contributed by atoms with Crippen molar-refractivity contribution in [2.45, 2.75) is 12.3 Å². The molecule has 3 heteroatoms. The number of rotatable bonds is 2. The topological polar surface area (TPSA) is 17.1 Å². The van der Waals surface area contributed by atoms with Crippen molar-refractivity contribution in [1.82, 2.24) is 0 Å². The predicted molar refractivity (Wildman–Crippen MR) is 54.1 cm³/mol. The van der Waals surface area contributed by atoms with Crippen molar-refractivity contribution in [1.29, 1.82) is 0 Å². The molecule has 0 aliphatic rings. The summed E-state index contributed by atoms with van der Waals surface area (Å²) in [6.07, 6.45) is 0. The van der Waals surface area contributed by atoms with E-state index in [-0.39, 0.29) is 5.78 Å². The predicted octanol–water partition coefficient (Wildman–Crippen LogP) is 3.44. The van der Waals surface area contributed by atoms with E-state index < -0.39 is 0 Å². The van der Waals surface area contributed by atoms with Crippen molar-refractivity contribution < 1.29 is 4.79 Å². The van der Waals surface area contributed by atoms with Crippen molar-refractivity contribution in [3.8, 4) is 0 Å². The first-order valence-corrected chi connectivity index (χ1v) is 5.00. The van der Waals surface area contributed by atoms with E-state index in [1.54, 1.807) is 12.1 Å². The fourth-order valence-electron chi connectivity index (χ4n) is 0.993. The van der Waals surface area contributed by atoms with E-state index in [9.17, 15) is 4.79 Å². The van der Waals surface area contributed by atoms with Gasteiger partial charge in [0.15, 0.2) is 5.78 Å². The minimum absolute atomic E-state index is 0.0481. The number of alkyl halides is 1. The lowest BCUT2D eigenvalue weighted by atomic mass is 10.1. The zero-order chi connectivity index (χ0) is 9.14. The van der Waals surface area contributed by atoms with Gasteiger partial charge in [-0.2, -0.15) is 0 Å². The number of hydrogen-bond acceptors (Lipinski definition) is 1. The summed E-state index contributed by atoms with van der Waals surface area (Å²) in [5.41, 5.74) is 1.67. The van der Waals surface area contributed by atoms with Gasteiger partial charge in [0.1, 0.15) is 0 Å². The van der Waals surface area contributed by atoms with Gasteiger partial charge in [0.25, 0.3) is 0 Å². The Kier molecular flexibility index (Phi) is 3.29. The molecule has 0 fully saturated rings. The van der Waals surface area contributed by atoms with Crippen LogP contribution < -0.4 is 0 Å². The molecule has 0 saturated carbocycles. The minimum Gasteiger partial charge on any atom is -0.294 e. The van der Waals surface area contributed by atoms with Crippen LogP contribution in [0.25, 0.3) is 0 Å². The molecule has 0 N–H and O–H groups in total. The van der Waals surface area contributed by atoms with Gasteiger partial charge in [-0.3, -0.25) is 4.79 Å². The van der Waals surface area contributed by atoms with E-state index in [1.165, 1.54) is 6.92 Å². The summed E-state index contributed by atoms with van der Waals surface area (Å²) in [6.45, 7) is 1.54. The second kappa shape index (κ2) is 4.06. The third-order valence-corrected chi connectivity index (χ3v) is 2.43. The van der Waals surface area contributed by atoms with Crippen molar-refractivity contribution in [2.24, 2.45) is 0 Å².